The van der Waals surface area contributed by atoms with Gasteiger partial charge in [0.2, 0.25) is 5.13 Å². The van der Waals surface area contributed by atoms with E-state index in [1.807, 2.05) is 91.9 Å². The van der Waals surface area contributed by atoms with Crippen molar-refractivity contribution in [1.82, 2.24) is 19.7 Å². The molecule has 3 aromatic carbocycles. The third kappa shape index (κ3) is 3.81. The van der Waals surface area contributed by atoms with Crippen LogP contribution in [0.5, 0.6) is 0 Å². The van der Waals surface area contributed by atoms with E-state index in [9.17, 15) is 4.79 Å². The fourth-order valence-corrected chi connectivity index (χ4v) is 4.16. The molecule has 0 saturated heterocycles. The van der Waals surface area contributed by atoms with Crippen LogP contribution in [-0.2, 0) is 0 Å². The summed E-state index contributed by atoms with van der Waals surface area (Å²) in [5.41, 5.74) is 3.66. The van der Waals surface area contributed by atoms with Gasteiger partial charge in [-0.3, -0.25) is 4.79 Å². The van der Waals surface area contributed by atoms with Crippen LogP contribution in [0.25, 0.3) is 38.8 Å². The predicted molar refractivity (Wildman–Crippen MR) is 126 cm³/mol. The van der Waals surface area contributed by atoms with Gasteiger partial charge in [-0.05, 0) is 30.7 Å². The van der Waals surface area contributed by atoms with E-state index in [-0.39, 0.29) is 5.56 Å². The van der Waals surface area contributed by atoms with Crippen LogP contribution >= 0.6 is 11.3 Å². The maximum Gasteiger partial charge on any atom is 0.268 e. The summed E-state index contributed by atoms with van der Waals surface area (Å²) < 4.78 is 1.54. The van der Waals surface area contributed by atoms with Gasteiger partial charge in [-0.15, -0.1) is 10.2 Å². The largest absolute Gasteiger partial charge is 0.268 e. The second kappa shape index (κ2) is 8.08. The molecule has 2 heterocycles. The van der Waals surface area contributed by atoms with Crippen LogP contribution in [0.1, 0.15) is 17.0 Å². The van der Waals surface area contributed by atoms with E-state index < -0.39 is 0 Å². The van der Waals surface area contributed by atoms with Gasteiger partial charge < -0.3 is 0 Å². The lowest BCUT2D eigenvalue weighted by molar-refractivity contribution is 0.899. The summed E-state index contributed by atoms with van der Waals surface area (Å²) in [6, 6.07) is 25.4. The Kier molecular flexibility index (Phi) is 4.98. The summed E-state index contributed by atoms with van der Waals surface area (Å²) in [5.74, 6) is 0.513. The van der Waals surface area contributed by atoms with Gasteiger partial charge in [0.1, 0.15) is 10.8 Å². The first-order chi connectivity index (χ1) is 15.2. The van der Waals surface area contributed by atoms with E-state index in [0.717, 1.165) is 16.1 Å². The number of aryl methyl sites for hydroxylation is 1. The highest BCUT2D eigenvalue weighted by molar-refractivity contribution is 7.17. The topological polar surface area (TPSA) is 60.7 Å². The normalized spacial score (nSPS) is 11.4. The molecule has 0 radical (unpaired) electrons. The summed E-state index contributed by atoms with van der Waals surface area (Å²) in [6.07, 6.45) is 3.78. The van der Waals surface area contributed by atoms with Crippen molar-refractivity contribution < 1.29 is 0 Å². The van der Waals surface area contributed by atoms with Crippen molar-refractivity contribution in [1.29, 1.82) is 0 Å². The molecule has 0 aliphatic carbocycles. The molecule has 0 spiro atoms. The molecular formula is C25H18N4OS. The zero-order chi connectivity index (χ0) is 21.2. The van der Waals surface area contributed by atoms with E-state index in [4.69, 9.17) is 4.98 Å². The molecule has 5 nitrogen and oxygen atoms in total. The van der Waals surface area contributed by atoms with Crippen LogP contribution in [-0.4, -0.2) is 19.7 Å². The van der Waals surface area contributed by atoms with E-state index in [1.54, 1.807) is 6.07 Å². The van der Waals surface area contributed by atoms with Crippen LogP contribution in [0, 0.1) is 6.92 Å². The van der Waals surface area contributed by atoms with Gasteiger partial charge in [-0.1, -0.05) is 89.7 Å². The lowest BCUT2D eigenvalue weighted by Gasteiger charge is -2.07. The Morgan fingerprint density at radius 1 is 0.839 bits per heavy atom. The standard InChI is InChI=1S/C25H18N4OS/c1-17-11-14-19(15-12-17)23-27-28-25(31-23)29-22(16-13-18-7-3-2-4-8-18)26-21-10-6-5-9-20(21)24(29)30/h2-16H,1H3/b16-13+. The van der Waals surface area contributed by atoms with Crippen LogP contribution in [0.2, 0.25) is 0 Å². The second-order valence-electron chi connectivity index (χ2n) is 7.13. The summed E-state index contributed by atoms with van der Waals surface area (Å²) in [5, 5.41) is 10.5. The molecule has 0 aliphatic rings. The Morgan fingerprint density at radius 2 is 1.58 bits per heavy atom. The number of para-hydroxylation sites is 1. The summed E-state index contributed by atoms with van der Waals surface area (Å²) in [7, 11) is 0. The first kappa shape index (κ1) is 19.1. The Hall–Kier alpha value is -3.90. The van der Waals surface area contributed by atoms with Crippen molar-refractivity contribution in [2.45, 2.75) is 6.92 Å². The van der Waals surface area contributed by atoms with Crippen molar-refractivity contribution in [3.05, 3.63) is 106 Å². The fourth-order valence-electron chi connectivity index (χ4n) is 3.30. The van der Waals surface area contributed by atoms with Gasteiger partial charge in [-0.25, -0.2) is 9.55 Å². The number of hydrogen-bond acceptors (Lipinski definition) is 5. The van der Waals surface area contributed by atoms with Gasteiger partial charge in [0.25, 0.3) is 5.56 Å². The number of benzene rings is 3. The van der Waals surface area contributed by atoms with Crippen molar-refractivity contribution in [2.24, 2.45) is 0 Å². The first-order valence-electron chi connectivity index (χ1n) is 9.85. The highest BCUT2D eigenvalue weighted by Gasteiger charge is 2.15. The number of aromatic nitrogens is 4. The van der Waals surface area contributed by atoms with E-state index in [0.29, 0.717) is 21.9 Å². The zero-order valence-electron chi connectivity index (χ0n) is 16.8. The molecule has 31 heavy (non-hydrogen) atoms. The van der Waals surface area contributed by atoms with Crippen molar-refractivity contribution in [3.63, 3.8) is 0 Å². The molecule has 150 valence electrons. The molecule has 0 saturated carbocycles. The van der Waals surface area contributed by atoms with E-state index in [2.05, 4.69) is 10.2 Å². The smallest absolute Gasteiger partial charge is 0.268 e. The maximum atomic E-state index is 13.4. The molecule has 0 unspecified atom stereocenters. The molecular weight excluding hydrogens is 404 g/mol. The maximum absolute atomic E-state index is 13.4. The molecule has 0 atom stereocenters. The minimum absolute atomic E-state index is 0.162. The predicted octanol–water partition coefficient (Wildman–Crippen LogP) is 5.38. The summed E-state index contributed by atoms with van der Waals surface area (Å²) >= 11 is 1.37. The number of fused-ring (bicyclic) bond motifs is 1. The number of hydrogen-bond donors (Lipinski definition) is 0. The Morgan fingerprint density at radius 3 is 2.39 bits per heavy atom. The van der Waals surface area contributed by atoms with Crippen LogP contribution in [0.15, 0.2) is 83.7 Å². The summed E-state index contributed by atoms with van der Waals surface area (Å²) in [4.78, 5) is 18.1. The fraction of sp³-hybridized carbons (Fsp3) is 0.0400. The molecule has 0 N–H and O–H groups in total. The van der Waals surface area contributed by atoms with Crippen molar-refractivity contribution in [2.75, 3.05) is 0 Å². The SMILES string of the molecule is Cc1ccc(-c2nnc(-n3c(/C=C/c4ccccc4)nc4ccccc4c3=O)s2)cc1. The number of rotatable bonds is 4. The van der Waals surface area contributed by atoms with Crippen molar-refractivity contribution in [3.8, 4) is 15.7 Å². The average Bonchev–Trinajstić information content (AvgIpc) is 3.28. The van der Waals surface area contributed by atoms with Gasteiger partial charge in [0.05, 0.1) is 10.9 Å². The Bertz CT molecular complexity index is 1450. The van der Waals surface area contributed by atoms with Crippen LogP contribution in [0.4, 0.5) is 0 Å². The lowest BCUT2D eigenvalue weighted by atomic mass is 10.2. The average molecular weight is 423 g/mol. The monoisotopic (exact) mass is 422 g/mol. The van der Waals surface area contributed by atoms with Gasteiger partial charge >= 0.3 is 0 Å². The number of nitrogens with zero attached hydrogens (tertiary/aromatic N) is 4. The first-order valence-corrected chi connectivity index (χ1v) is 10.7. The Balaban J connectivity index is 1.67. The highest BCUT2D eigenvalue weighted by atomic mass is 32.1. The van der Waals surface area contributed by atoms with Crippen LogP contribution < -0.4 is 5.56 Å². The summed E-state index contributed by atoms with van der Waals surface area (Å²) in [6.45, 7) is 2.04. The Labute approximate surface area is 183 Å². The zero-order valence-corrected chi connectivity index (χ0v) is 17.6. The minimum atomic E-state index is -0.162. The van der Waals surface area contributed by atoms with Crippen molar-refractivity contribution >= 4 is 34.4 Å². The molecule has 0 amide bonds. The minimum Gasteiger partial charge on any atom is -0.268 e. The third-order valence-electron chi connectivity index (χ3n) is 4.93. The highest BCUT2D eigenvalue weighted by Crippen LogP contribution is 2.26. The van der Waals surface area contributed by atoms with Gasteiger partial charge in [0.15, 0.2) is 0 Å². The molecule has 0 bridgehead atoms. The third-order valence-corrected chi connectivity index (χ3v) is 5.89. The molecule has 0 fully saturated rings. The molecule has 5 rings (SSSR count). The molecule has 5 aromatic rings. The van der Waals surface area contributed by atoms with E-state index in [1.165, 1.54) is 21.5 Å². The quantitative estimate of drug-likeness (QED) is 0.390. The van der Waals surface area contributed by atoms with E-state index >= 15 is 0 Å². The second-order valence-corrected chi connectivity index (χ2v) is 8.08. The molecule has 0 aliphatic heterocycles. The van der Waals surface area contributed by atoms with Gasteiger partial charge in [0, 0.05) is 5.56 Å². The van der Waals surface area contributed by atoms with Crippen LogP contribution in [0.3, 0.4) is 0 Å². The van der Waals surface area contributed by atoms with Gasteiger partial charge in [-0.2, -0.15) is 0 Å². The molecule has 6 heteroatoms. The molecule has 2 aromatic heterocycles. The lowest BCUT2D eigenvalue weighted by Crippen LogP contribution is -2.22.